The van der Waals surface area contributed by atoms with Crippen molar-refractivity contribution in [2.24, 2.45) is 5.73 Å². The van der Waals surface area contributed by atoms with Gasteiger partial charge in [-0.1, -0.05) is 0 Å². The van der Waals surface area contributed by atoms with Crippen LogP contribution in [0.4, 0.5) is 0 Å². The predicted octanol–water partition coefficient (Wildman–Crippen LogP) is -1.84. The van der Waals surface area contributed by atoms with Crippen LogP contribution in [-0.4, -0.2) is 32.4 Å². The minimum Gasteiger partial charge on any atom is -0.385 e. The number of hydrogen-bond donors (Lipinski definition) is 4. The second-order valence-electron chi connectivity index (χ2n) is 2.60. The lowest BCUT2D eigenvalue weighted by atomic mass is 10.1. The summed E-state index contributed by atoms with van der Waals surface area (Å²) in [6, 6.07) is 1.71. The number of nitriles is 1. The van der Waals surface area contributed by atoms with Gasteiger partial charge in [0.05, 0.1) is 6.20 Å². The zero-order chi connectivity index (χ0) is 10.7. The molecule has 0 fully saturated rings. The molecule has 0 radical (unpaired) electrons. The fourth-order valence-electron chi connectivity index (χ4n) is 0.935. The van der Waals surface area contributed by atoms with E-state index in [1.165, 1.54) is 0 Å². The zero-order valence-corrected chi connectivity index (χ0v) is 7.01. The third kappa shape index (κ3) is 1.71. The maximum atomic E-state index is 10.5. The third-order valence-corrected chi connectivity index (χ3v) is 1.69. The van der Waals surface area contributed by atoms with Crippen molar-refractivity contribution in [2.75, 3.05) is 0 Å². The number of amides is 1. The molecular weight excluding hydrogens is 188 g/mol. The molecule has 0 spiro atoms. The first-order valence-electron chi connectivity index (χ1n) is 3.66. The minimum absolute atomic E-state index is 0.0159. The van der Waals surface area contributed by atoms with Crippen molar-refractivity contribution in [2.45, 2.75) is 12.2 Å². The van der Waals surface area contributed by atoms with Crippen LogP contribution < -0.4 is 5.73 Å². The van der Waals surface area contributed by atoms with E-state index in [4.69, 9.17) is 16.1 Å². The lowest BCUT2D eigenvalue weighted by Crippen LogP contribution is -2.34. The molecule has 1 amide bonds. The van der Waals surface area contributed by atoms with Gasteiger partial charge < -0.3 is 15.9 Å². The number of primary amides is 1. The van der Waals surface area contributed by atoms with Crippen LogP contribution in [0, 0.1) is 11.3 Å². The van der Waals surface area contributed by atoms with E-state index in [1.54, 1.807) is 6.07 Å². The first kappa shape index (κ1) is 10.2. The summed E-state index contributed by atoms with van der Waals surface area (Å²) in [5.74, 6) is -1.07. The number of carbonyl (C=O) groups excluding carboxylic acids is 1. The van der Waals surface area contributed by atoms with Crippen LogP contribution in [0.15, 0.2) is 6.20 Å². The van der Waals surface area contributed by atoms with Crippen molar-refractivity contribution < 1.29 is 15.0 Å². The summed E-state index contributed by atoms with van der Waals surface area (Å²) in [6.45, 7) is 0. The Morgan fingerprint density at radius 3 is 2.86 bits per heavy atom. The molecule has 1 aromatic rings. The van der Waals surface area contributed by atoms with Crippen LogP contribution >= 0.6 is 0 Å². The van der Waals surface area contributed by atoms with Crippen LogP contribution in [-0.2, 0) is 4.79 Å². The van der Waals surface area contributed by atoms with Gasteiger partial charge in [0.1, 0.15) is 17.9 Å². The molecule has 14 heavy (non-hydrogen) atoms. The first-order valence-corrected chi connectivity index (χ1v) is 3.66. The van der Waals surface area contributed by atoms with E-state index in [2.05, 4.69) is 10.2 Å². The van der Waals surface area contributed by atoms with Gasteiger partial charge in [0.2, 0.25) is 5.91 Å². The highest BCUT2D eigenvalue weighted by Crippen LogP contribution is 2.18. The van der Waals surface area contributed by atoms with Crippen molar-refractivity contribution in [1.29, 1.82) is 5.26 Å². The molecule has 2 unspecified atom stereocenters. The highest BCUT2D eigenvalue weighted by atomic mass is 16.3. The standard InChI is InChI=1S/C7H8N4O3/c8-1-4-3(2-10-11-4)5(12)6(13)7(9)14/h2,5-6,12-13H,(H2,9,14)(H,10,11). The van der Waals surface area contributed by atoms with Crippen LogP contribution in [0.1, 0.15) is 17.4 Å². The van der Waals surface area contributed by atoms with E-state index in [0.29, 0.717) is 0 Å². The number of nitrogens with one attached hydrogen (secondary N) is 1. The van der Waals surface area contributed by atoms with Crippen molar-refractivity contribution in [3.8, 4) is 6.07 Å². The molecule has 7 heteroatoms. The van der Waals surface area contributed by atoms with E-state index < -0.39 is 18.1 Å². The van der Waals surface area contributed by atoms with E-state index in [0.717, 1.165) is 6.20 Å². The number of nitrogens with zero attached hydrogens (tertiary/aromatic N) is 2. The number of carbonyl (C=O) groups is 1. The Morgan fingerprint density at radius 1 is 1.71 bits per heavy atom. The molecule has 0 saturated heterocycles. The molecule has 1 rings (SSSR count). The predicted molar refractivity (Wildman–Crippen MR) is 43.5 cm³/mol. The molecule has 1 heterocycles. The van der Waals surface area contributed by atoms with Crippen molar-refractivity contribution >= 4 is 5.91 Å². The van der Waals surface area contributed by atoms with Gasteiger partial charge in [-0.15, -0.1) is 0 Å². The lowest BCUT2D eigenvalue weighted by molar-refractivity contribution is -0.131. The largest absolute Gasteiger partial charge is 0.385 e. The molecule has 5 N–H and O–H groups in total. The second-order valence-corrected chi connectivity index (χ2v) is 2.60. The first-order chi connectivity index (χ1) is 6.57. The van der Waals surface area contributed by atoms with Crippen LogP contribution in [0.3, 0.4) is 0 Å². The summed E-state index contributed by atoms with van der Waals surface area (Å²) in [5, 5.41) is 32.8. The highest BCUT2D eigenvalue weighted by Gasteiger charge is 2.26. The van der Waals surface area contributed by atoms with E-state index in [1.807, 2.05) is 0 Å². The Morgan fingerprint density at radius 2 is 2.36 bits per heavy atom. The van der Waals surface area contributed by atoms with Crippen LogP contribution in [0.25, 0.3) is 0 Å². The van der Waals surface area contributed by atoms with E-state index >= 15 is 0 Å². The Balaban J connectivity index is 2.95. The number of aromatic amines is 1. The maximum absolute atomic E-state index is 10.5. The van der Waals surface area contributed by atoms with Crippen LogP contribution in [0.5, 0.6) is 0 Å². The quantitative estimate of drug-likeness (QED) is 0.450. The van der Waals surface area contributed by atoms with Crippen LogP contribution in [0.2, 0.25) is 0 Å². The molecule has 0 aromatic carbocycles. The van der Waals surface area contributed by atoms with E-state index in [9.17, 15) is 9.90 Å². The van der Waals surface area contributed by atoms with Gasteiger partial charge in [-0.05, 0) is 0 Å². The Bertz CT molecular complexity index is 381. The summed E-state index contributed by atoms with van der Waals surface area (Å²) in [4.78, 5) is 10.5. The molecule has 0 aliphatic carbocycles. The Labute approximate surface area is 78.8 Å². The zero-order valence-electron chi connectivity index (χ0n) is 7.01. The molecule has 2 atom stereocenters. The summed E-state index contributed by atoms with van der Waals surface area (Å²) in [6.07, 6.45) is -2.14. The molecule has 0 bridgehead atoms. The summed E-state index contributed by atoms with van der Waals surface area (Å²) < 4.78 is 0. The Hall–Kier alpha value is -1.91. The Kier molecular flexibility index (Phi) is 2.81. The molecule has 0 saturated carbocycles. The molecule has 1 aromatic heterocycles. The maximum Gasteiger partial charge on any atom is 0.249 e. The van der Waals surface area contributed by atoms with Gasteiger partial charge in [0, 0.05) is 5.56 Å². The molecule has 0 aliphatic rings. The van der Waals surface area contributed by atoms with E-state index in [-0.39, 0.29) is 11.3 Å². The lowest BCUT2D eigenvalue weighted by Gasteiger charge is -2.12. The van der Waals surface area contributed by atoms with Crippen molar-refractivity contribution in [1.82, 2.24) is 10.2 Å². The smallest absolute Gasteiger partial charge is 0.249 e. The fraction of sp³-hybridized carbons (Fsp3) is 0.286. The third-order valence-electron chi connectivity index (χ3n) is 1.69. The SMILES string of the molecule is N#Cc1[nH]ncc1C(O)C(O)C(N)=O. The minimum atomic E-state index is -1.75. The molecule has 7 nitrogen and oxygen atoms in total. The van der Waals surface area contributed by atoms with Gasteiger partial charge in [-0.3, -0.25) is 9.89 Å². The number of hydrogen-bond acceptors (Lipinski definition) is 5. The molecule has 74 valence electrons. The normalized spacial score (nSPS) is 14.4. The van der Waals surface area contributed by atoms with Gasteiger partial charge in [0.25, 0.3) is 0 Å². The number of aliphatic hydroxyl groups excluding tert-OH is 2. The number of aromatic nitrogens is 2. The summed E-state index contributed by atoms with van der Waals surface area (Å²) >= 11 is 0. The topological polar surface area (TPSA) is 136 Å². The summed E-state index contributed by atoms with van der Waals surface area (Å²) in [7, 11) is 0. The highest BCUT2D eigenvalue weighted by molar-refractivity contribution is 5.79. The van der Waals surface area contributed by atoms with Crippen molar-refractivity contribution in [3.05, 3.63) is 17.5 Å². The number of rotatable bonds is 3. The molecular formula is C7H8N4O3. The number of H-pyrrole nitrogens is 1. The monoisotopic (exact) mass is 196 g/mol. The van der Waals surface area contributed by atoms with Gasteiger partial charge in [-0.2, -0.15) is 10.4 Å². The fourth-order valence-corrected chi connectivity index (χ4v) is 0.935. The second kappa shape index (κ2) is 3.87. The van der Waals surface area contributed by atoms with Gasteiger partial charge in [-0.25, -0.2) is 0 Å². The average molecular weight is 196 g/mol. The van der Waals surface area contributed by atoms with Gasteiger partial charge >= 0.3 is 0 Å². The van der Waals surface area contributed by atoms with Gasteiger partial charge in [0.15, 0.2) is 6.10 Å². The van der Waals surface area contributed by atoms with Crippen molar-refractivity contribution in [3.63, 3.8) is 0 Å². The number of nitrogens with two attached hydrogens (primary N) is 1. The summed E-state index contributed by atoms with van der Waals surface area (Å²) in [5.41, 5.74) is 4.80. The molecule has 0 aliphatic heterocycles. The average Bonchev–Trinajstić information content (AvgIpc) is 2.62. The number of aliphatic hydroxyl groups is 2.